The van der Waals surface area contributed by atoms with Gasteiger partial charge in [-0.1, -0.05) is 61.5 Å². The first-order chi connectivity index (χ1) is 17.4. The number of amides is 1. The van der Waals surface area contributed by atoms with Gasteiger partial charge in [0.25, 0.3) is 5.89 Å². The summed E-state index contributed by atoms with van der Waals surface area (Å²) in [6, 6.07) is 17.2. The number of benzene rings is 2. The quantitative estimate of drug-likeness (QED) is 0.396. The van der Waals surface area contributed by atoms with E-state index in [1.807, 2.05) is 68.4 Å². The normalized spacial score (nSPS) is 17.3. The summed E-state index contributed by atoms with van der Waals surface area (Å²) in [6.07, 6.45) is -0.149. The first-order valence-electron chi connectivity index (χ1n) is 12.0. The number of carbonyl (C=O) groups is 2. The maximum atomic E-state index is 12.6. The second-order valence-corrected chi connectivity index (χ2v) is 9.26. The zero-order valence-corrected chi connectivity index (χ0v) is 20.8. The number of carbonyl (C=O) groups excluding carboxylic acids is 2. The molecule has 3 aromatic rings. The van der Waals surface area contributed by atoms with E-state index < -0.39 is 0 Å². The van der Waals surface area contributed by atoms with E-state index in [1.54, 1.807) is 4.90 Å². The van der Waals surface area contributed by atoms with Crippen molar-refractivity contribution in [2.75, 3.05) is 26.8 Å². The van der Waals surface area contributed by atoms with E-state index in [-0.39, 0.29) is 42.8 Å². The highest BCUT2D eigenvalue weighted by molar-refractivity contribution is 5.71. The molecule has 9 heteroatoms. The van der Waals surface area contributed by atoms with Crippen LogP contribution >= 0.6 is 0 Å². The number of likely N-dealkylation sites (tertiary alicyclic amines) is 1. The van der Waals surface area contributed by atoms with Crippen LogP contribution in [0.3, 0.4) is 0 Å². The monoisotopic (exact) mass is 493 g/mol. The van der Waals surface area contributed by atoms with E-state index in [1.165, 1.54) is 7.11 Å². The fourth-order valence-electron chi connectivity index (χ4n) is 4.23. The van der Waals surface area contributed by atoms with Crippen LogP contribution in [-0.4, -0.2) is 53.9 Å². The summed E-state index contributed by atoms with van der Waals surface area (Å²) >= 11 is 0. The van der Waals surface area contributed by atoms with Gasteiger partial charge in [-0.05, 0) is 29.5 Å². The molecule has 4 rings (SSSR count). The summed E-state index contributed by atoms with van der Waals surface area (Å²) in [5, 5.41) is 4.02. The van der Waals surface area contributed by atoms with Gasteiger partial charge < -0.3 is 23.6 Å². The minimum atomic E-state index is -0.362. The molecule has 2 atom stereocenters. The van der Waals surface area contributed by atoms with Crippen LogP contribution in [0.1, 0.15) is 37.6 Å². The fourth-order valence-corrected chi connectivity index (χ4v) is 4.23. The van der Waals surface area contributed by atoms with Crippen LogP contribution in [0.2, 0.25) is 0 Å². The van der Waals surface area contributed by atoms with E-state index in [0.29, 0.717) is 37.2 Å². The first-order valence-corrected chi connectivity index (χ1v) is 12.0. The van der Waals surface area contributed by atoms with Gasteiger partial charge in [-0.15, -0.1) is 0 Å². The van der Waals surface area contributed by atoms with E-state index in [2.05, 4.69) is 10.1 Å². The molecule has 9 nitrogen and oxygen atoms in total. The topological polar surface area (TPSA) is 104 Å². The molecule has 2 heterocycles. The molecule has 0 spiro atoms. The van der Waals surface area contributed by atoms with Crippen LogP contribution in [-0.2, 0) is 20.9 Å². The molecule has 1 fully saturated rings. The van der Waals surface area contributed by atoms with Gasteiger partial charge in [0.2, 0.25) is 5.82 Å². The molecule has 1 saturated heterocycles. The molecule has 1 aliphatic rings. The molecule has 36 heavy (non-hydrogen) atoms. The Kier molecular flexibility index (Phi) is 8.20. The number of hydrogen-bond donors (Lipinski definition) is 0. The highest BCUT2D eigenvalue weighted by Crippen LogP contribution is 2.36. The van der Waals surface area contributed by atoms with Gasteiger partial charge in [0, 0.05) is 24.6 Å². The van der Waals surface area contributed by atoms with Gasteiger partial charge in [0.15, 0.2) is 6.61 Å². The predicted octanol–water partition coefficient (Wildman–Crippen LogP) is 4.69. The molecule has 1 amide bonds. The van der Waals surface area contributed by atoms with Crippen molar-refractivity contribution >= 4 is 12.1 Å². The van der Waals surface area contributed by atoms with Crippen molar-refractivity contribution in [3.05, 3.63) is 66.1 Å². The summed E-state index contributed by atoms with van der Waals surface area (Å²) in [6.45, 7) is 5.32. The Bertz CT molecular complexity index is 1160. The lowest BCUT2D eigenvalue weighted by atomic mass is 9.87. The van der Waals surface area contributed by atoms with Crippen molar-refractivity contribution in [2.45, 2.75) is 32.8 Å². The number of esters is 1. The molecule has 1 aliphatic heterocycles. The lowest BCUT2D eigenvalue weighted by Gasteiger charge is -2.18. The third kappa shape index (κ3) is 6.41. The van der Waals surface area contributed by atoms with Crippen LogP contribution in [0, 0.1) is 11.8 Å². The first kappa shape index (κ1) is 25.2. The maximum absolute atomic E-state index is 12.6. The van der Waals surface area contributed by atoms with Crippen molar-refractivity contribution in [2.24, 2.45) is 11.8 Å². The minimum absolute atomic E-state index is 0.0627. The van der Waals surface area contributed by atoms with Gasteiger partial charge in [-0.3, -0.25) is 4.79 Å². The molecule has 0 bridgehead atoms. The van der Waals surface area contributed by atoms with Crippen LogP contribution in [0.5, 0.6) is 5.75 Å². The number of rotatable bonds is 9. The smallest absolute Gasteiger partial charge is 0.409 e. The second-order valence-electron chi connectivity index (χ2n) is 9.26. The Balaban J connectivity index is 1.44. The summed E-state index contributed by atoms with van der Waals surface area (Å²) in [7, 11) is 1.37. The van der Waals surface area contributed by atoms with E-state index in [0.717, 1.165) is 11.1 Å². The zero-order chi connectivity index (χ0) is 25.5. The Morgan fingerprint density at radius 3 is 2.67 bits per heavy atom. The van der Waals surface area contributed by atoms with Crippen molar-refractivity contribution in [1.82, 2.24) is 15.0 Å². The van der Waals surface area contributed by atoms with Crippen LogP contribution in [0.15, 0.2) is 59.1 Å². The molecule has 0 radical (unpaired) electrons. The molecule has 1 aromatic heterocycles. The third-order valence-corrected chi connectivity index (χ3v) is 6.04. The summed E-state index contributed by atoms with van der Waals surface area (Å²) in [4.78, 5) is 30.7. The second kappa shape index (κ2) is 11.7. The van der Waals surface area contributed by atoms with Crippen LogP contribution in [0.4, 0.5) is 4.79 Å². The van der Waals surface area contributed by atoms with Crippen molar-refractivity contribution in [3.63, 3.8) is 0 Å². The fraction of sp³-hybridized carbons (Fsp3) is 0.407. The van der Waals surface area contributed by atoms with E-state index in [4.69, 9.17) is 18.7 Å². The van der Waals surface area contributed by atoms with Gasteiger partial charge in [0.1, 0.15) is 5.75 Å². The Morgan fingerprint density at radius 1 is 1.11 bits per heavy atom. The van der Waals surface area contributed by atoms with Gasteiger partial charge in [0.05, 0.1) is 20.1 Å². The minimum Gasteiger partial charge on any atom is -0.484 e. The summed E-state index contributed by atoms with van der Waals surface area (Å²) < 4.78 is 21.6. The molecule has 0 N–H and O–H groups in total. The molecule has 190 valence electrons. The highest BCUT2D eigenvalue weighted by atomic mass is 16.6. The predicted molar refractivity (Wildman–Crippen MR) is 131 cm³/mol. The van der Waals surface area contributed by atoms with E-state index >= 15 is 0 Å². The summed E-state index contributed by atoms with van der Waals surface area (Å²) in [5.41, 5.74) is 1.83. The zero-order valence-electron chi connectivity index (χ0n) is 20.8. The summed E-state index contributed by atoms with van der Waals surface area (Å²) in [5.74, 6) is 1.28. The molecule has 0 unspecified atom stereocenters. The number of nitrogens with zero attached hydrogens (tertiary/aromatic N) is 3. The number of aromatic nitrogens is 2. The van der Waals surface area contributed by atoms with E-state index in [9.17, 15) is 9.59 Å². The Labute approximate surface area is 210 Å². The average Bonchev–Trinajstić information content (AvgIpc) is 3.54. The van der Waals surface area contributed by atoms with Gasteiger partial charge in [-0.2, -0.15) is 4.98 Å². The molecule has 0 saturated carbocycles. The molecule has 0 aliphatic carbocycles. The van der Waals surface area contributed by atoms with Crippen molar-refractivity contribution in [1.29, 1.82) is 0 Å². The molecule has 2 aromatic carbocycles. The van der Waals surface area contributed by atoms with Gasteiger partial charge in [-0.25, -0.2) is 4.79 Å². The largest absolute Gasteiger partial charge is 0.484 e. The van der Waals surface area contributed by atoms with Crippen LogP contribution < -0.4 is 4.74 Å². The molecular weight excluding hydrogens is 462 g/mol. The Hall–Kier alpha value is -3.88. The van der Waals surface area contributed by atoms with Crippen LogP contribution in [0.25, 0.3) is 11.4 Å². The lowest BCUT2D eigenvalue weighted by molar-refractivity contribution is -0.141. The maximum Gasteiger partial charge on any atom is 0.409 e. The van der Waals surface area contributed by atoms with Gasteiger partial charge >= 0.3 is 12.1 Å². The number of ether oxygens (including phenoxy) is 3. The van der Waals surface area contributed by atoms with Crippen molar-refractivity contribution in [3.8, 4) is 17.1 Å². The lowest BCUT2D eigenvalue weighted by Crippen LogP contribution is -2.30. The standard InChI is InChI=1S/C27H31N3O6/c1-18(2)16-35-27(32)30-14-21(13-25(31)33-3)23(15-30)20-10-7-11-22(12-20)34-17-24-28-26(29-36-24)19-8-5-4-6-9-19/h4-12,18,21,23H,13-17H2,1-3H3/t21-,23-/m0/s1. The average molecular weight is 494 g/mol. The SMILES string of the molecule is COC(=O)C[C@H]1CN(C(=O)OCC(C)C)C[C@H]1c1cccc(OCc2nc(-c3ccccc3)no2)c1. The third-order valence-electron chi connectivity index (χ3n) is 6.04. The molecular formula is C27H31N3O6. The van der Waals surface area contributed by atoms with Crippen molar-refractivity contribution < 1.29 is 28.3 Å². The Morgan fingerprint density at radius 2 is 1.92 bits per heavy atom. The highest BCUT2D eigenvalue weighted by Gasteiger charge is 2.38. The number of hydrogen-bond acceptors (Lipinski definition) is 8. The number of methoxy groups -OCH3 is 1.